The third kappa shape index (κ3) is 13.1. The molecular weight excluding hydrogens is 427 g/mol. The summed E-state index contributed by atoms with van der Waals surface area (Å²) < 4.78 is 5.08. The summed E-state index contributed by atoms with van der Waals surface area (Å²) in [7, 11) is 3.89. The molecule has 0 radical (unpaired) electrons. The first-order valence-corrected chi connectivity index (χ1v) is 8.99. The summed E-state index contributed by atoms with van der Waals surface area (Å²) in [5.41, 5.74) is 1.38. The zero-order valence-electron chi connectivity index (χ0n) is 16.0. The summed E-state index contributed by atoms with van der Waals surface area (Å²) >= 11 is 0. The van der Waals surface area contributed by atoms with Crippen LogP contribution in [0.15, 0.2) is 35.3 Å². The van der Waals surface area contributed by atoms with E-state index in [-0.39, 0.29) is 24.0 Å². The molecule has 1 rings (SSSR count). The average Bonchev–Trinajstić information content (AvgIpc) is 2.60. The number of guanidine groups is 1. The molecule has 0 aliphatic heterocycles. The van der Waals surface area contributed by atoms with Crippen molar-refractivity contribution in [3.8, 4) is 0 Å². The van der Waals surface area contributed by atoms with E-state index >= 15 is 0 Å². The summed E-state index contributed by atoms with van der Waals surface area (Å²) in [4.78, 5) is 6.97. The van der Waals surface area contributed by atoms with Gasteiger partial charge in [0.15, 0.2) is 5.96 Å². The fourth-order valence-corrected chi connectivity index (χ4v) is 2.42. The number of rotatable bonds is 12. The van der Waals surface area contributed by atoms with Crippen LogP contribution in [0.25, 0.3) is 0 Å². The molecule has 6 heteroatoms. The van der Waals surface area contributed by atoms with E-state index in [1.165, 1.54) is 5.56 Å². The van der Waals surface area contributed by atoms with Gasteiger partial charge in [-0.1, -0.05) is 30.3 Å². The lowest BCUT2D eigenvalue weighted by molar-refractivity contribution is 0.180. The van der Waals surface area contributed by atoms with E-state index in [0.717, 1.165) is 64.6 Å². The fourth-order valence-electron chi connectivity index (χ4n) is 2.42. The second-order valence-electron chi connectivity index (χ2n) is 5.93. The highest BCUT2D eigenvalue weighted by molar-refractivity contribution is 14.0. The maximum absolute atomic E-state index is 5.08. The number of hydrogen-bond donors (Lipinski definition) is 2. The molecule has 0 spiro atoms. The molecule has 0 amide bonds. The lowest BCUT2D eigenvalue weighted by Crippen LogP contribution is -2.41. The van der Waals surface area contributed by atoms with Gasteiger partial charge in [0.1, 0.15) is 0 Å². The van der Waals surface area contributed by atoms with Gasteiger partial charge in [-0.25, -0.2) is 0 Å². The molecule has 2 N–H and O–H groups in total. The van der Waals surface area contributed by atoms with Gasteiger partial charge in [-0.15, -0.1) is 24.0 Å². The molecular formula is C19H35IN4O. The largest absolute Gasteiger partial charge is 0.385 e. The highest BCUT2D eigenvalue weighted by Crippen LogP contribution is 2.02. The van der Waals surface area contributed by atoms with Crippen LogP contribution in [0.1, 0.15) is 25.3 Å². The minimum Gasteiger partial charge on any atom is -0.385 e. The third-order valence-corrected chi connectivity index (χ3v) is 3.75. The SMILES string of the molecule is CCNC(=NCCCc1ccccc1)NCCN(C)CCCOC.I. The summed E-state index contributed by atoms with van der Waals surface area (Å²) in [6.07, 6.45) is 3.21. The lowest BCUT2D eigenvalue weighted by atomic mass is 10.1. The predicted molar refractivity (Wildman–Crippen MR) is 118 cm³/mol. The number of methoxy groups -OCH3 is 1. The standard InChI is InChI=1S/C19H34N4O.HI/c1-4-20-19(22-14-16-23(2)15-9-17-24-3)21-13-8-12-18-10-6-5-7-11-18;/h5-7,10-11H,4,8-9,12-17H2,1-3H3,(H2,20,21,22);1H. The minimum absolute atomic E-state index is 0. The van der Waals surface area contributed by atoms with Crippen LogP contribution in [0.4, 0.5) is 0 Å². The molecule has 0 bridgehead atoms. The smallest absolute Gasteiger partial charge is 0.191 e. The van der Waals surface area contributed by atoms with Crippen LogP contribution in [0.5, 0.6) is 0 Å². The zero-order valence-corrected chi connectivity index (χ0v) is 18.3. The van der Waals surface area contributed by atoms with Gasteiger partial charge in [-0.2, -0.15) is 0 Å². The summed E-state index contributed by atoms with van der Waals surface area (Å²) in [6, 6.07) is 10.6. The van der Waals surface area contributed by atoms with Crippen LogP contribution in [0.3, 0.4) is 0 Å². The second kappa shape index (κ2) is 16.6. The van der Waals surface area contributed by atoms with Crippen molar-refractivity contribution in [3.63, 3.8) is 0 Å². The van der Waals surface area contributed by atoms with Gasteiger partial charge >= 0.3 is 0 Å². The van der Waals surface area contributed by atoms with Crippen LogP contribution < -0.4 is 10.6 Å². The topological polar surface area (TPSA) is 48.9 Å². The van der Waals surface area contributed by atoms with Crippen LogP contribution in [-0.2, 0) is 11.2 Å². The molecule has 0 saturated carbocycles. The van der Waals surface area contributed by atoms with Crippen molar-refractivity contribution in [2.24, 2.45) is 4.99 Å². The molecule has 5 nitrogen and oxygen atoms in total. The first kappa shape index (κ1) is 24.1. The van der Waals surface area contributed by atoms with Gasteiger partial charge in [0.05, 0.1) is 0 Å². The third-order valence-electron chi connectivity index (χ3n) is 3.75. The van der Waals surface area contributed by atoms with Crippen molar-refractivity contribution in [1.29, 1.82) is 0 Å². The quantitative estimate of drug-likeness (QED) is 0.217. The van der Waals surface area contributed by atoms with E-state index in [4.69, 9.17) is 4.74 Å². The van der Waals surface area contributed by atoms with E-state index in [1.807, 2.05) is 0 Å². The lowest BCUT2D eigenvalue weighted by Gasteiger charge is -2.18. The van der Waals surface area contributed by atoms with E-state index in [1.54, 1.807) is 7.11 Å². The van der Waals surface area contributed by atoms with E-state index in [0.29, 0.717) is 0 Å². The number of nitrogens with one attached hydrogen (secondary N) is 2. The predicted octanol–water partition coefficient (Wildman–Crippen LogP) is 2.76. The van der Waals surface area contributed by atoms with Crippen LogP contribution >= 0.6 is 24.0 Å². The Morgan fingerprint density at radius 1 is 1.12 bits per heavy atom. The Kier molecular flexibility index (Phi) is 16.0. The van der Waals surface area contributed by atoms with Crippen molar-refractivity contribution in [2.45, 2.75) is 26.2 Å². The van der Waals surface area contributed by atoms with Crippen molar-refractivity contribution in [2.75, 3.05) is 53.5 Å². The van der Waals surface area contributed by atoms with E-state index in [9.17, 15) is 0 Å². The van der Waals surface area contributed by atoms with Crippen molar-refractivity contribution in [3.05, 3.63) is 35.9 Å². The Labute approximate surface area is 170 Å². The van der Waals surface area contributed by atoms with E-state index in [2.05, 4.69) is 64.8 Å². The monoisotopic (exact) mass is 462 g/mol. The van der Waals surface area contributed by atoms with Crippen molar-refractivity contribution in [1.82, 2.24) is 15.5 Å². The number of benzene rings is 1. The van der Waals surface area contributed by atoms with Gasteiger partial charge < -0.3 is 20.3 Å². The average molecular weight is 462 g/mol. The Balaban J connectivity index is 0.00000576. The Morgan fingerprint density at radius 3 is 2.56 bits per heavy atom. The molecule has 0 saturated heterocycles. The number of ether oxygens (including phenoxy) is 1. The normalized spacial score (nSPS) is 11.3. The molecule has 0 aromatic heterocycles. The molecule has 1 aromatic rings. The minimum atomic E-state index is 0. The highest BCUT2D eigenvalue weighted by Gasteiger charge is 2.00. The van der Waals surface area contributed by atoms with E-state index < -0.39 is 0 Å². The number of nitrogens with zero attached hydrogens (tertiary/aromatic N) is 2. The Hall–Kier alpha value is -0.860. The molecule has 0 aliphatic carbocycles. The molecule has 0 unspecified atom stereocenters. The molecule has 0 fully saturated rings. The zero-order chi connectivity index (χ0) is 17.5. The van der Waals surface area contributed by atoms with Crippen LogP contribution in [0, 0.1) is 0 Å². The van der Waals surface area contributed by atoms with Crippen LogP contribution in [-0.4, -0.2) is 64.3 Å². The van der Waals surface area contributed by atoms with Gasteiger partial charge in [0.2, 0.25) is 0 Å². The molecule has 1 aromatic carbocycles. The summed E-state index contributed by atoms with van der Waals surface area (Å²) in [5.74, 6) is 0.913. The number of aliphatic imine (C=N–C) groups is 1. The first-order chi connectivity index (χ1) is 11.8. The second-order valence-corrected chi connectivity index (χ2v) is 5.93. The molecule has 0 atom stereocenters. The van der Waals surface area contributed by atoms with Crippen LogP contribution in [0.2, 0.25) is 0 Å². The van der Waals surface area contributed by atoms with Gasteiger partial charge in [0, 0.05) is 46.4 Å². The molecule has 25 heavy (non-hydrogen) atoms. The summed E-state index contributed by atoms with van der Waals surface area (Å²) in [6.45, 7) is 7.59. The summed E-state index contributed by atoms with van der Waals surface area (Å²) in [5, 5.41) is 6.71. The number of likely N-dealkylation sites (N-methyl/N-ethyl adjacent to an activating group) is 1. The highest BCUT2D eigenvalue weighted by atomic mass is 127. The number of hydrogen-bond acceptors (Lipinski definition) is 3. The molecule has 0 heterocycles. The first-order valence-electron chi connectivity index (χ1n) is 8.99. The Morgan fingerprint density at radius 2 is 1.88 bits per heavy atom. The fraction of sp³-hybridized carbons (Fsp3) is 0.632. The molecule has 144 valence electrons. The van der Waals surface area contributed by atoms with Gasteiger partial charge in [-0.05, 0) is 38.8 Å². The number of aryl methyl sites for hydroxylation is 1. The van der Waals surface area contributed by atoms with Gasteiger partial charge in [-0.3, -0.25) is 4.99 Å². The number of halogens is 1. The molecule has 0 aliphatic rings. The Bertz CT molecular complexity index is 442. The van der Waals surface area contributed by atoms with Crippen molar-refractivity contribution < 1.29 is 4.74 Å². The van der Waals surface area contributed by atoms with Crippen molar-refractivity contribution >= 4 is 29.9 Å². The maximum Gasteiger partial charge on any atom is 0.191 e. The van der Waals surface area contributed by atoms with Gasteiger partial charge in [0.25, 0.3) is 0 Å². The maximum atomic E-state index is 5.08.